The predicted octanol–water partition coefficient (Wildman–Crippen LogP) is 4.58. The van der Waals surface area contributed by atoms with Gasteiger partial charge in [-0.05, 0) is 41.9 Å². The van der Waals surface area contributed by atoms with Gasteiger partial charge in [-0.25, -0.2) is 0 Å². The van der Waals surface area contributed by atoms with Crippen molar-refractivity contribution in [3.05, 3.63) is 41.5 Å². The lowest BCUT2D eigenvalue weighted by Gasteiger charge is -2.30. The summed E-state index contributed by atoms with van der Waals surface area (Å²) in [7, 11) is 0. The van der Waals surface area contributed by atoms with Gasteiger partial charge in [-0.1, -0.05) is 37.6 Å². The van der Waals surface area contributed by atoms with Gasteiger partial charge in [0.1, 0.15) is 0 Å². The number of allylic oxidation sites excluding steroid dienone is 2. The van der Waals surface area contributed by atoms with Gasteiger partial charge in [0.25, 0.3) is 0 Å². The van der Waals surface area contributed by atoms with Crippen molar-refractivity contribution in [1.82, 2.24) is 0 Å². The summed E-state index contributed by atoms with van der Waals surface area (Å²) in [6.45, 7) is 4.41. The lowest BCUT2D eigenvalue weighted by molar-refractivity contribution is -0.117. The van der Waals surface area contributed by atoms with E-state index >= 15 is 0 Å². The van der Waals surface area contributed by atoms with Gasteiger partial charge in [0.15, 0.2) is 5.78 Å². The minimum Gasteiger partial charge on any atom is -0.295 e. The zero-order chi connectivity index (χ0) is 13.5. The van der Waals surface area contributed by atoms with Crippen LogP contribution in [0.5, 0.6) is 0 Å². The number of fused-ring (bicyclic) bond motifs is 1. The van der Waals surface area contributed by atoms with Gasteiger partial charge < -0.3 is 0 Å². The summed E-state index contributed by atoms with van der Waals surface area (Å²) in [6, 6.07) is 8.70. The zero-order valence-electron chi connectivity index (χ0n) is 11.6. The van der Waals surface area contributed by atoms with Crippen LogP contribution in [-0.2, 0) is 4.79 Å². The number of benzene rings is 1. The molecule has 2 heteroatoms. The normalized spacial score (nSPS) is 25.1. The Kier molecular flexibility index (Phi) is 3.30. The molecule has 1 atom stereocenters. The van der Waals surface area contributed by atoms with E-state index < -0.39 is 0 Å². The first-order valence-corrected chi connectivity index (χ1v) is 7.96. The molecule has 0 saturated carbocycles. The van der Waals surface area contributed by atoms with Gasteiger partial charge in [-0.15, -0.1) is 11.8 Å². The molecule has 0 spiro atoms. The van der Waals surface area contributed by atoms with Crippen LogP contribution in [0.1, 0.15) is 44.6 Å². The molecule has 0 amide bonds. The lowest BCUT2D eigenvalue weighted by atomic mass is 9.74. The summed E-state index contributed by atoms with van der Waals surface area (Å²) in [6.07, 6.45) is 4.74. The third-order valence-corrected chi connectivity index (χ3v) is 5.28. The smallest absolute Gasteiger partial charge is 0.156 e. The van der Waals surface area contributed by atoms with Gasteiger partial charge in [0.05, 0.1) is 0 Å². The van der Waals surface area contributed by atoms with Crippen molar-refractivity contribution in [2.75, 3.05) is 5.75 Å². The summed E-state index contributed by atoms with van der Waals surface area (Å²) in [5.41, 5.74) is 2.97. The molecule has 0 N–H and O–H groups in total. The molecule has 3 rings (SSSR count). The topological polar surface area (TPSA) is 17.1 Å². The molecule has 1 aliphatic heterocycles. The number of thioether (sulfide) groups is 1. The highest BCUT2D eigenvalue weighted by Crippen LogP contribution is 2.44. The fourth-order valence-electron chi connectivity index (χ4n) is 3.32. The first-order chi connectivity index (χ1) is 9.03. The second-order valence-corrected chi connectivity index (χ2v) is 7.60. The third kappa shape index (κ3) is 2.79. The van der Waals surface area contributed by atoms with Gasteiger partial charge in [-0.3, -0.25) is 4.79 Å². The second-order valence-electron chi connectivity index (χ2n) is 6.54. The minimum absolute atomic E-state index is 0.145. The van der Waals surface area contributed by atoms with Gasteiger partial charge in [0, 0.05) is 17.1 Å². The highest BCUT2D eigenvalue weighted by molar-refractivity contribution is 7.99. The maximum Gasteiger partial charge on any atom is 0.156 e. The van der Waals surface area contributed by atoms with Crippen LogP contribution < -0.4 is 0 Å². The molecule has 2 aliphatic rings. The second kappa shape index (κ2) is 4.82. The Morgan fingerprint density at radius 1 is 1.26 bits per heavy atom. The summed E-state index contributed by atoms with van der Waals surface area (Å²) in [5, 5.41) is 0. The van der Waals surface area contributed by atoms with Crippen molar-refractivity contribution in [1.29, 1.82) is 0 Å². The van der Waals surface area contributed by atoms with Crippen LogP contribution in [0.15, 0.2) is 40.8 Å². The van der Waals surface area contributed by atoms with Crippen LogP contribution in [0.3, 0.4) is 0 Å². The molecular formula is C17H20OS. The lowest BCUT2D eigenvalue weighted by Crippen LogP contribution is -2.22. The van der Waals surface area contributed by atoms with Crippen molar-refractivity contribution in [2.24, 2.45) is 5.41 Å². The van der Waals surface area contributed by atoms with E-state index in [9.17, 15) is 4.79 Å². The van der Waals surface area contributed by atoms with Gasteiger partial charge in [-0.2, -0.15) is 0 Å². The van der Waals surface area contributed by atoms with E-state index in [4.69, 9.17) is 0 Å². The molecule has 0 aromatic heterocycles. The number of hydrogen-bond acceptors (Lipinski definition) is 2. The van der Waals surface area contributed by atoms with Crippen molar-refractivity contribution >= 4 is 17.5 Å². The molecule has 19 heavy (non-hydrogen) atoms. The van der Waals surface area contributed by atoms with Crippen LogP contribution in [0.25, 0.3) is 0 Å². The Bertz CT molecular complexity index is 542. The van der Waals surface area contributed by atoms with E-state index in [1.165, 1.54) is 16.0 Å². The molecule has 100 valence electrons. The third-order valence-electron chi connectivity index (χ3n) is 4.03. The number of carbonyl (C=O) groups excluding carboxylic acids is 1. The Balaban J connectivity index is 1.78. The molecule has 0 fully saturated rings. The SMILES string of the molecule is CC1(C)CC(=O)C=C(CC2CSc3ccccc32)C1. The molecule has 0 bridgehead atoms. The van der Waals surface area contributed by atoms with Crippen LogP contribution in [0.4, 0.5) is 0 Å². The number of hydrogen-bond donors (Lipinski definition) is 0. The molecule has 1 unspecified atom stereocenters. The molecule has 1 heterocycles. The van der Waals surface area contributed by atoms with E-state index in [1.807, 2.05) is 17.8 Å². The van der Waals surface area contributed by atoms with Crippen molar-refractivity contribution in [2.45, 2.75) is 43.9 Å². The van der Waals surface area contributed by atoms with Crippen molar-refractivity contribution in [3.63, 3.8) is 0 Å². The van der Waals surface area contributed by atoms with Gasteiger partial charge in [0.2, 0.25) is 0 Å². The van der Waals surface area contributed by atoms with E-state index in [0.29, 0.717) is 18.1 Å². The van der Waals surface area contributed by atoms with E-state index in [2.05, 4.69) is 38.1 Å². The summed E-state index contributed by atoms with van der Waals surface area (Å²) >= 11 is 1.95. The van der Waals surface area contributed by atoms with Crippen LogP contribution >= 0.6 is 11.8 Å². The molecule has 1 aromatic carbocycles. The van der Waals surface area contributed by atoms with Crippen LogP contribution in [0.2, 0.25) is 0 Å². The molecule has 1 nitrogen and oxygen atoms in total. The highest BCUT2D eigenvalue weighted by Gasteiger charge is 2.30. The average Bonchev–Trinajstić information content (AvgIpc) is 2.70. The molecular weight excluding hydrogens is 252 g/mol. The number of ketones is 1. The standard InChI is InChI=1S/C17H20OS/c1-17(2)9-12(8-14(18)10-17)7-13-11-19-16-6-4-3-5-15(13)16/h3-6,8,13H,7,9-11H2,1-2H3. The number of rotatable bonds is 2. The van der Waals surface area contributed by atoms with Crippen molar-refractivity contribution < 1.29 is 4.79 Å². The maximum atomic E-state index is 11.8. The summed E-state index contributed by atoms with van der Waals surface area (Å²) in [4.78, 5) is 13.3. The zero-order valence-corrected chi connectivity index (χ0v) is 12.4. The quantitative estimate of drug-likeness (QED) is 0.783. The van der Waals surface area contributed by atoms with Crippen molar-refractivity contribution in [3.8, 4) is 0 Å². The van der Waals surface area contributed by atoms with E-state index in [0.717, 1.165) is 18.6 Å². The fraction of sp³-hybridized carbons (Fsp3) is 0.471. The Morgan fingerprint density at radius 3 is 2.84 bits per heavy atom. The maximum absolute atomic E-state index is 11.8. The fourth-order valence-corrected chi connectivity index (χ4v) is 4.58. The van der Waals surface area contributed by atoms with Crippen LogP contribution in [-0.4, -0.2) is 11.5 Å². The van der Waals surface area contributed by atoms with E-state index in [1.54, 1.807) is 0 Å². The monoisotopic (exact) mass is 272 g/mol. The largest absolute Gasteiger partial charge is 0.295 e. The summed E-state index contributed by atoms with van der Waals surface area (Å²) < 4.78 is 0. The predicted molar refractivity (Wildman–Crippen MR) is 80.6 cm³/mol. The Hall–Kier alpha value is -1.02. The van der Waals surface area contributed by atoms with E-state index in [-0.39, 0.29) is 5.41 Å². The Morgan fingerprint density at radius 2 is 2.05 bits per heavy atom. The average molecular weight is 272 g/mol. The molecule has 0 radical (unpaired) electrons. The highest BCUT2D eigenvalue weighted by atomic mass is 32.2. The van der Waals surface area contributed by atoms with Crippen LogP contribution in [0, 0.1) is 5.41 Å². The first kappa shape index (κ1) is 13.0. The first-order valence-electron chi connectivity index (χ1n) is 6.97. The minimum atomic E-state index is 0.145. The number of carbonyl (C=O) groups is 1. The molecule has 0 saturated heterocycles. The van der Waals surface area contributed by atoms with Gasteiger partial charge >= 0.3 is 0 Å². The molecule has 1 aromatic rings. The Labute approximate surface area is 119 Å². The summed E-state index contributed by atoms with van der Waals surface area (Å²) in [5.74, 6) is 2.06. The molecule has 1 aliphatic carbocycles.